The topological polar surface area (TPSA) is 93.5 Å². The van der Waals surface area contributed by atoms with Crippen molar-refractivity contribution in [2.75, 3.05) is 5.32 Å². The highest BCUT2D eigenvalue weighted by Gasteiger charge is 2.30. The molecule has 45 heavy (non-hydrogen) atoms. The van der Waals surface area contributed by atoms with Gasteiger partial charge in [-0.05, 0) is 75.6 Å². The standard InChI is InChI=1S/C34H35N3O3S.2C2H6/c1-20(2)33(21(3)4)36-24-14-16-26-29(18-24)40-30-19-25(37-34-22(5)10-9-11-23(34)6)15-17-27(30)32(26)28-12-7-8-13-31(28)41(35,38)39;2*1-2/h7-19,24,36-37H,1H2,2-6H3,(H2,35,38,39);2*1-2H3. The molecule has 1 aliphatic heterocycles. The van der Waals surface area contributed by atoms with Gasteiger partial charge in [-0.25, -0.2) is 13.6 Å². The SMILES string of the molecule is C=C(C)C(NC1C=CC2=C(c3ccccc3S(N)(=O)=O)c3ccc(Nc4c(C)cccc4C)cc3OC2=C1)=C(C)C.CC.CC. The molecule has 1 atom stereocenters. The van der Waals surface area contributed by atoms with E-state index in [1.165, 1.54) is 0 Å². The minimum Gasteiger partial charge on any atom is -0.456 e. The quantitative estimate of drug-likeness (QED) is 0.228. The fourth-order valence-corrected chi connectivity index (χ4v) is 6.10. The van der Waals surface area contributed by atoms with Crippen LogP contribution >= 0.6 is 0 Å². The number of sulfonamides is 1. The van der Waals surface area contributed by atoms with Crippen LogP contribution in [0, 0.1) is 13.8 Å². The number of rotatable bonds is 7. The number of ether oxygens (including phenoxy) is 1. The highest BCUT2D eigenvalue weighted by atomic mass is 32.2. The van der Waals surface area contributed by atoms with E-state index < -0.39 is 10.0 Å². The van der Waals surface area contributed by atoms with E-state index in [2.05, 4.69) is 43.2 Å². The fourth-order valence-electron chi connectivity index (χ4n) is 5.36. The number of nitrogens with two attached hydrogens (primary N) is 1. The average molecular weight is 626 g/mol. The Morgan fingerprint density at radius 3 is 2.13 bits per heavy atom. The van der Waals surface area contributed by atoms with Crippen LogP contribution in [0.2, 0.25) is 0 Å². The lowest BCUT2D eigenvalue weighted by molar-refractivity contribution is 0.426. The van der Waals surface area contributed by atoms with Gasteiger partial charge in [0.15, 0.2) is 0 Å². The van der Waals surface area contributed by atoms with Crippen molar-refractivity contribution >= 4 is 27.0 Å². The molecule has 1 unspecified atom stereocenters. The molecule has 5 rings (SSSR count). The molecule has 0 radical (unpaired) electrons. The number of benzene rings is 3. The number of hydrogen-bond donors (Lipinski definition) is 3. The molecule has 1 heterocycles. The molecule has 0 amide bonds. The molecule has 0 aromatic heterocycles. The van der Waals surface area contributed by atoms with E-state index in [9.17, 15) is 8.42 Å². The van der Waals surface area contributed by atoms with E-state index in [4.69, 9.17) is 9.88 Å². The van der Waals surface area contributed by atoms with E-state index in [0.717, 1.165) is 56.1 Å². The van der Waals surface area contributed by atoms with Crippen LogP contribution in [0.4, 0.5) is 11.4 Å². The lowest BCUT2D eigenvalue weighted by Crippen LogP contribution is -2.29. The molecule has 1 aliphatic carbocycles. The Labute approximate surface area is 270 Å². The zero-order valence-electron chi connectivity index (χ0n) is 28.0. The van der Waals surface area contributed by atoms with Gasteiger partial charge in [-0.3, -0.25) is 0 Å². The number of allylic oxidation sites excluding steroid dienone is 3. The Bertz CT molecular complexity index is 1790. The normalized spacial score (nSPS) is 14.6. The first-order chi connectivity index (χ1) is 21.4. The summed E-state index contributed by atoms with van der Waals surface area (Å²) in [6.07, 6.45) is 6.03. The molecule has 3 aromatic carbocycles. The number of para-hydroxylation sites is 1. The van der Waals surface area contributed by atoms with Gasteiger partial charge in [-0.2, -0.15) is 0 Å². The maximum atomic E-state index is 12.6. The lowest BCUT2D eigenvalue weighted by Gasteiger charge is -2.30. The first-order valence-corrected chi connectivity index (χ1v) is 17.0. The smallest absolute Gasteiger partial charge is 0.238 e. The Morgan fingerprint density at radius 2 is 1.53 bits per heavy atom. The van der Waals surface area contributed by atoms with E-state index >= 15 is 0 Å². The van der Waals surface area contributed by atoms with Gasteiger partial charge in [-0.15, -0.1) is 0 Å². The second kappa shape index (κ2) is 15.1. The molecule has 7 heteroatoms. The molecule has 0 spiro atoms. The Kier molecular flexibility index (Phi) is 11.8. The number of anilines is 2. The Morgan fingerprint density at radius 1 is 0.889 bits per heavy atom. The van der Waals surface area contributed by atoms with Crippen LogP contribution in [-0.4, -0.2) is 14.5 Å². The van der Waals surface area contributed by atoms with Gasteiger partial charge >= 0.3 is 0 Å². The zero-order chi connectivity index (χ0) is 33.5. The van der Waals surface area contributed by atoms with Crippen LogP contribution in [0.3, 0.4) is 0 Å². The summed E-state index contributed by atoms with van der Waals surface area (Å²) in [4.78, 5) is 0.0650. The predicted octanol–water partition coefficient (Wildman–Crippen LogP) is 9.22. The van der Waals surface area contributed by atoms with Crippen LogP contribution < -0.4 is 20.5 Å². The predicted molar refractivity (Wildman–Crippen MR) is 190 cm³/mol. The highest BCUT2D eigenvalue weighted by molar-refractivity contribution is 7.89. The summed E-state index contributed by atoms with van der Waals surface area (Å²) in [7, 11) is -3.99. The molecular formula is C38H47N3O3S. The average Bonchev–Trinajstić information content (AvgIpc) is 3.01. The lowest BCUT2D eigenvalue weighted by atomic mass is 9.87. The maximum absolute atomic E-state index is 12.6. The molecule has 0 bridgehead atoms. The van der Waals surface area contributed by atoms with Crippen molar-refractivity contribution in [1.82, 2.24) is 5.32 Å². The van der Waals surface area contributed by atoms with E-state index in [1.807, 2.05) is 97.0 Å². The highest BCUT2D eigenvalue weighted by Crippen LogP contribution is 2.45. The van der Waals surface area contributed by atoms with Crippen molar-refractivity contribution in [2.45, 2.75) is 73.3 Å². The van der Waals surface area contributed by atoms with Crippen molar-refractivity contribution in [1.29, 1.82) is 0 Å². The largest absolute Gasteiger partial charge is 0.456 e. The molecular weight excluding hydrogens is 579 g/mol. The molecule has 238 valence electrons. The second-order valence-corrected chi connectivity index (χ2v) is 12.3. The number of primary sulfonamides is 1. The minimum atomic E-state index is -3.99. The zero-order valence-corrected chi connectivity index (χ0v) is 28.8. The van der Waals surface area contributed by atoms with Gasteiger partial charge in [0.2, 0.25) is 10.0 Å². The van der Waals surface area contributed by atoms with Gasteiger partial charge < -0.3 is 15.4 Å². The first kappa shape index (κ1) is 35.2. The van der Waals surface area contributed by atoms with E-state index in [-0.39, 0.29) is 10.9 Å². The van der Waals surface area contributed by atoms with Crippen molar-refractivity contribution < 1.29 is 13.2 Å². The monoisotopic (exact) mass is 625 g/mol. The van der Waals surface area contributed by atoms with Crippen LogP contribution in [0.1, 0.15) is 70.7 Å². The third kappa shape index (κ3) is 7.85. The fraction of sp³-hybridized carbons (Fsp3) is 0.263. The second-order valence-electron chi connectivity index (χ2n) is 10.8. The van der Waals surface area contributed by atoms with E-state index in [0.29, 0.717) is 17.1 Å². The van der Waals surface area contributed by atoms with Crippen molar-refractivity contribution in [3.63, 3.8) is 0 Å². The van der Waals surface area contributed by atoms with Gasteiger partial charge in [-0.1, -0.05) is 88.4 Å². The summed E-state index contributed by atoms with van der Waals surface area (Å²) in [6, 6.07) is 18.7. The number of aryl methyl sites for hydroxylation is 2. The summed E-state index contributed by atoms with van der Waals surface area (Å²) >= 11 is 0. The van der Waals surface area contributed by atoms with Gasteiger partial charge in [0.05, 0.1) is 10.9 Å². The first-order valence-electron chi connectivity index (χ1n) is 15.5. The number of fused-ring (bicyclic) bond motifs is 2. The summed E-state index contributed by atoms with van der Waals surface area (Å²) in [6.45, 7) is 22.3. The van der Waals surface area contributed by atoms with Crippen LogP contribution in [-0.2, 0) is 10.0 Å². The van der Waals surface area contributed by atoms with Crippen LogP contribution in [0.15, 0.2) is 119 Å². The molecule has 6 nitrogen and oxygen atoms in total. The number of nitrogens with one attached hydrogen (secondary N) is 2. The molecule has 4 N–H and O–H groups in total. The molecule has 3 aromatic rings. The van der Waals surface area contributed by atoms with Gasteiger partial charge in [0.1, 0.15) is 11.5 Å². The van der Waals surface area contributed by atoms with Crippen LogP contribution in [0.5, 0.6) is 5.75 Å². The number of hydrogen-bond acceptors (Lipinski definition) is 5. The summed E-state index contributed by atoms with van der Waals surface area (Å²) in [5.41, 5.74) is 10.1. The van der Waals surface area contributed by atoms with Crippen LogP contribution in [0.25, 0.3) is 5.57 Å². The van der Waals surface area contributed by atoms with Crippen molar-refractivity contribution in [3.05, 3.63) is 136 Å². The van der Waals surface area contributed by atoms with Crippen molar-refractivity contribution in [3.8, 4) is 5.75 Å². The molecule has 0 fully saturated rings. The van der Waals surface area contributed by atoms with Gasteiger partial charge in [0, 0.05) is 45.4 Å². The maximum Gasteiger partial charge on any atom is 0.238 e. The summed E-state index contributed by atoms with van der Waals surface area (Å²) in [5.74, 6) is 1.25. The van der Waals surface area contributed by atoms with E-state index in [1.54, 1.807) is 18.2 Å². The van der Waals surface area contributed by atoms with Gasteiger partial charge in [0.25, 0.3) is 0 Å². The third-order valence-corrected chi connectivity index (χ3v) is 8.23. The summed E-state index contributed by atoms with van der Waals surface area (Å²) in [5, 5.41) is 12.8. The third-order valence-electron chi connectivity index (χ3n) is 7.26. The molecule has 0 saturated heterocycles. The summed E-state index contributed by atoms with van der Waals surface area (Å²) < 4.78 is 31.8. The van der Waals surface area contributed by atoms with Crippen molar-refractivity contribution in [2.24, 2.45) is 5.14 Å². The minimum absolute atomic E-state index is 0.0650. The molecule has 2 aliphatic rings. The molecule has 0 saturated carbocycles. The Hall–Kier alpha value is -4.33. The Balaban J connectivity index is 0.00000133.